The summed E-state index contributed by atoms with van der Waals surface area (Å²) in [5, 5.41) is 13.6. The van der Waals surface area contributed by atoms with Crippen LogP contribution in [0.4, 0.5) is 0 Å². The summed E-state index contributed by atoms with van der Waals surface area (Å²) in [7, 11) is 1.63. The van der Waals surface area contributed by atoms with Crippen molar-refractivity contribution in [2.24, 2.45) is 5.92 Å². The first-order valence-corrected chi connectivity index (χ1v) is 6.98. The molecule has 0 amide bonds. The largest absolute Gasteiger partial charge is 0.389 e. The van der Waals surface area contributed by atoms with Gasteiger partial charge in [-0.05, 0) is 19.9 Å². The molecule has 3 atom stereocenters. The van der Waals surface area contributed by atoms with Gasteiger partial charge in [-0.15, -0.1) is 0 Å². The van der Waals surface area contributed by atoms with Gasteiger partial charge in [-0.3, -0.25) is 0 Å². The van der Waals surface area contributed by atoms with Gasteiger partial charge in [0.05, 0.1) is 12.7 Å². The molecule has 1 heterocycles. The Hall–Kier alpha value is -0.680. The van der Waals surface area contributed by atoms with Gasteiger partial charge < -0.3 is 19.9 Å². The van der Waals surface area contributed by atoms with E-state index in [9.17, 15) is 5.11 Å². The van der Waals surface area contributed by atoms with Gasteiger partial charge in [0.1, 0.15) is 6.10 Å². The molecule has 0 fully saturated rings. The molecule has 110 valence electrons. The fourth-order valence-electron chi connectivity index (χ4n) is 2.15. The topological polar surface area (TPSA) is 50.7 Å². The average Bonchev–Trinajstić information content (AvgIpc) is 2.39. The highest BCUT2D eigenvalue weighted by molar-refractivity contribution is 5.05. The van der Waals surface area contributed by atoms with Crippen LogP contribution in [0.2, 0.25) is 0 Å². The first-order chi connectivity index (χ1) is 9.15. The predicted molar refractivity (Wildman–Crippen MR) is 77.2 cm³/mol. The number of methoxy groups -OCH3 is 1. The van der Waals surface area contributed by atoms with E-state index in [1.807, 2.05) is 26.0 Å². The molecule has 1 aliphatic heterocycles. The van der Waals surface area contributed by atoms with E-state index in [0.717, 1.165) is 31.7 Å². The molecular formula is C15H27NO3. The van der Waals surface area contributed by atoms with E-state index in [1.165, 1.54) is 0 Å². The van der Waals surface area contributed by atoms with Crippen molar-refractivity contribution >= 4 is 0 Å². The van der Waals surface area contributed by atoms with Crippen molar-refractivity contribution in [2.75, 3.05) is 33.4 Å². The molecule has 0 unspecified atom stereocenters. The Balaban J connectivity index is 2.71. The van der Waals surface area contributed by atoms with Gasteiger partial charge in [0.15, 0.2) is 0 Å². The molecule has 0 radical (unpaired) electrons. The van der Waals surface area contributed by atoms with Gasteiger partial charge in [-0.25, -0.2) is 0 Å². The Bertz CT molecular complexity index is 302. The van der Waals surface area contributed by atoms with Crippen LogP contribution in [-0.2, 0) is 9.47 Å². The summed E-state index contributed by atoms with van der Waals surface area (Å²) in [5.74, 6) is 0.0362. The number of ether oxygens (including phenoxy) is 2. The zero-order valence-electron chi connectivity index (χ0n) is 12.3. The molecule has 0 bridgehead atoms. The van der Waals surface area contributed by atoms with E-state index in [4.69, 9.17) is 9.47 Å². The highest BCUT2D eigenvalue weighted by Gasteiger charge is 2.21. The second-order valence-electron chi connectivity index (χ2n) is 5.10. The number of aliphatic hydroxyl groups is 1. The SMILES string of the molecule is CO[C@H]1/C=C/CNCCCOC/C(C)=C\[C@@H](C)[C@@H]1O. The van der Waals surface area contributed by atoms with Crippen LogP contribution in [0.25, 0.3) is 0 Å². The Labute approximate surface area is 116 Å². The summed E-state index contributed by atoms with van der Waals surface area (Å²) in [5.41, 5.74) is 1.15. The number of hydrogen-bond donors (Lipinski definition) is 2. The van der Waals surface area contributed by atoms with Crippen molar-refractivity contribution in [2.45, 2.75) is 32.5 Å². The number of nitrogens with one attached hydrogen (secondary N) is 1. The quantitative estimate of drug-likeness (QED) is 0.709. The molecule has 1 rings (SSSR count). The maximum absolute atomic E-state index is 10.3. The maximum atomic E-state index is 10.3. The minimum atomic E-state index is -0.542. The van der Waals surface area contributed by atoms with Gasteiger partial charge >= 0.3 is 0 Å². The molecule has 0 aliphatic carbocycles. The normalized spacial score (nSPS) is 36.0. The van der Waals surface area contributed by atoms with Crippen molar-refractivity contribution in [3.8, 4) is 0 Å². The fraction of sp³-hybridized carbons (Fsp3) is 0.733. The van der Waals surface area contributed by atoms with Crippen LogP contribution in [0.5, 0.6) is 0 Å². The lowest BCUT2D eigenvalue weighted by Gasteiger charge is -2.23. The van der Waals surface area contributed by atoms with Crippen LogP contribution in [-0.4, -0.2) is 50.7 Å². The van der Waals surface area contributed by atoms with Crippen molar-refractivity contribution in [1.29, 1.82) is 0 Å². The number of rotatable bonds is 1. The molecule has 0 aromatic rings. The summed E-state index contributed by atoms with van der Waals surface area (Å²) in [6.07, 6.45) is 6.19. The zero-order chi connectivity index (χ0) is 14.1. The highest BCUT2D eigenvalue weighted by atomic mass is 16.5. The first-order valence-electron chi connectivity index (χ1n) is 6.98. The molecule has 0 spiro atoms. The van der Waals surface area contributed by atoms with Crippen LogP contribution >= 0.6 is 0 Å². The lowest BCUT2D eigenvalue weighted by Crippen LogP contribution is -2.32. The minimum Gasteiger partial charge on any atom is -0.389 e. The summed E-state index contributed by atoms with van der Waals surface area (Å²) >= 11 is 0. The molecule has 0 saturated heterocycles. The molecule has 19 heavy (non-hydrogen) atoms. The van der Waals surface area contributed by atoms with Gasteiger partial charge in [-0.1, -0.05) is 30.7 Å². The van der Waals surface area contributed by atoms with Crippen molar-refractivity contribution in [3.63, 3.8) is 0 Å². The molecule has 4 heteroatoms. The molecule has 0 aromatic carbocycles. The lowest BCUT2D eigenvalue weighted by molar-refractivity contribution is -0.00201. The summed E-state index contributed by atoms with van der Waals surface area (Å²) in [6, 6.07) is 0. The van der Waals surface area contributed by atoms with Crippen LogP contribution < -0.4 is 5.32 Å². The van der Waals surface area contributed by atoms with E-state index in [2.05, 4.69) is 11.4 Å². The van der Waals surface area contributed by atoms with E-state index >= 15 is 0 Å². The van der Waals surface area contributed by atoms with Crippen LogP contribution in [0.3, 0.4) is 0 Å². The average molecular weight is 269 g/mol. The van der Waals surface area contributed by atoms with Crippen LogP contribution in [0, 0.1) is 5.92 Å². The summed E-state index contributed by atoms with van der Waals surface area (Å²) in [6.45, 7) is 7.15. The molecule has 0 saturated carbocycles. The molecule has 0 aromatic heterocycles. The predicted octanol–water partition coefficient (Wildman–Crippen LogP) is 1.51. The highest BCUT2D eigenvalue weighted by Crippen LogP contribution is 2.15. The van der Waals surface area contributed by atoms with Gasteiger partial charge in [0.2, 0.25) is 0 Å². The van der Waals surface area contributed by atoms with Crippen molar-refractivity contribution < 1.29 is 14.6 Å². The number of hydrogen-bond acceptors (Lipinski definition) is 4. The Kier molecular flexibility index (Phi) is 7.98. The van der Waals surface area contributed by atoms with E-state index < -0.39 is 6.10 Å². The molecular weight excluding hydrogens is 242 g/mol. The molecule has 2 N–H and O–H groups in total. The third-order valence-electron chi connectivity index (χ3n) is 3.25. The van der Waals surface area contributed by atoms with Crippen LogP contribution in [0.1, 0.15) is 20.3 Å². The van der Waals surface area contributed by atoms with E-state index in [-0.39, 0.29) is 12.0 Å². The van der Waals surface area contributed by atoms with Gasteiger partial charge in [0, 0.05) is 26.2 Å². The van der Waals surface area contributed by atoms with E-state index in [1.54, 1.807) is 7.11 Å². The fourth-order valence-corrected chi connectivity index (χ4v) is 2.15. The summed E-state index contributed by atoms with van der Waals surface area (Å²) < 4.78 is 10.9. The van der Waals surface area contributed by atoms with Crippen molar-refractivity contribution in [3.05, 3.63) is 23.8 Å². The second-order valence-corrected chi connectivity index (χ2v) is 5.10. The zero-order valence-corrected chi connectivity index (χ0v) is 12.3. The second kappa shape index (κ2) is 9.26. The first kappa shape index (κ1) is 16.4. The van der Waals surface area contributed by atoms with Crippen LogP contribution in [0.15, 0.2) is 23.8 Å². The standard InChI is InChI=1S/C15H27NO3/c1-12-10-13(2)15(17)14(18-3)6-4-7-16-8-5-9-19-11-12/h4,6,10,13-17H,5,7-9,11H2,1-3H3/b6-4+,12-10-/t13-,14+,15+/m1/s1. The van der Waals surface area contributed by atoms with Crippen molar-refractivity contribution in [1.82, 2.24) is 5.32 Å². The smallest absolute Gasteiger partial charge is 0.102 e. The Morgan fingerprint density at radius 2 is 2.26 bits per heavy atom. The van der Waals surface area contributed by atoms with Gasteiger partial charge in [-0.2, -0.15) is 0 Å². The third kappa shape index (κ3) is 6.34. The lowest BCUT2D eigenvalue weighted by atomic mass is 9.97. The molecule has 4 nitrogen and oxygen atoms in total. The molecule has 1 aliphatic rings. The Morgan fingerprint density at radius 3 is 3.00 bits per heavy atom. The number of aliphatic hydroxyl groups excluding tert-OH is 1. The monoisotopic (exact) mass is 269 g/mol. The van der Waals surface area contributed by atoms with Gasteiger partial charge in [0.25, 0.3) is 0 Å². The summed E-state index contributed by atoms with van der Waals surface area (Å²) in [4.78, 5) is 0. The maximum Gasteiger partial charge on any atom is 0.102 e. The minimum absolute atomic E-state index is 0.0362. The van der Waals surface area contributed by atoms with E-state index in [0.29, 0.717) is 6.61 Å². The Morgan fingerprint density at radius 1 is 1.47 bits per heavy atom. The third-order valence-corrected chi connectivity index (χ3v) is 3.25.